The standard InChI is InChI=1S/C19H22F2N4O2/c1-11(2)10-22-18(26)16-14-8-3-4-9-25(14)17(23-16)19(27)24-15-12(20)6-5-7-13(15)21/h5-7,11H,3-4,8-10H2,1-2H3,(H,22,26)(H,24,27). The molecule has 144 valence electrons. The van der Waals surface area contributed by atoms with E-state index in [1.165, 1.54) is 6.07 Å². The van der Waals surface area contributed by atoms with Crippen molar-refractivity contribution < 1.29 is 18.4 Å². The van der Waals surface area contributed by atoms with Gasteiger partial charge in [-0.05, 0) is 37.3 Å². The predicted octanol–water partition coefficient (Wildman–Crippen LogP) is 3.14. The van der Waals surface area contributed by atoms with E-state index in [9.17, 15) is 18.4 Å². The van der Waals surface area contributed by atoms with Gasteiger partial charge in [0, 0.05) is 13.1 Å². The van der Waals surface area contributed by atoms with Crippen LogP contribution in [0.3, 0.4) is 0 Å². The largest absolute Gasteiger partial charge is 0.350 e. The van der Waals surface area contributed by atoms with Gasteiger partial charge in [-0.3, -0.25) is 9.59 Å². The number of hydrogen-bond donors (Lipinski definition) is 2. The van der Waals surface area contributed by atoms with E-state index in [1.807, 2.05) is 13.8 Å². The molecule has 0 aliphatic carbocycles. The molecule has 8 heteroatoms. The Kier molecular flexibility index (Phi) is 5.53. The van der Waals surface area contributed by atoms with Crippen LogP contribution in [0.1, 0.15) is 53.5 Å². The SMILES string of the molecule is CC(C)CNC(=O)c1nc(C(=O)Nc2c(F)cccc2F)n2c1CCCC2. The summed E-state index contributed by atoms with van der Waals surface area (Å²) in [5, 5.41) is 5.05. The Morgan fingerprint density at radius 1 is 1.19 bits per heavy atom. The highest BCUT2D eigenvalue weighted by Crippen LogP contribution is 2.23. The fraction of sp³-hybridized carbons (Fsp3) is 0.421. The highest BCUT2D eigenvalue weighted by atomic mass is 19.1. The van der Waals surface area contributed by atoms with Crippen molar-refractivity contribution in [3.8, 4) is 0 Å². The van der Waals surface area contributed by atoms with E-state index >= 15 is 0 Å². The molecule has 2 N–H and O–H groups in total. The topological polar surface area (TPSA) is 76.0 Å². The quantitative estimate of drug-likeness (QED) is 0.842. The molecule has 2 heterocycles. The molecule has 0 saturated carbocycles. The summed E-state index contributed by atoms with van der Waals surface area (Å²) in [6.07, 6.45) is 2.35. The molecule has 0 spiro atoms. The van der Waals surface area contributed by atoms with E-state index in [1.54, 1.807) is 4.57 Å². The zero-order valence-electron chi connectivity index (χ0n) is 15.3. The monoisotopic (exact) mass is 376 g/mol. The van der Waals surface area contributed by atoms with Gasteiger partial charge in [0.25, 0.3) is 11.8 Å². The van der Waals surface area contributed by atoms with Crippen molar-refractivity contribution in [1.29, 1.82) is 0 Å². The number of carbonyl (C=O) groups is 2. The third-order valence-electron chi connectivity index (χ3n) is 4.41. The first-order valence-electron chi connectivity index (χ1n) is 9.01. The number of imidazole rings is 1. The lowest BCUT2D eigenvalue weighted by atomic mass is 10.1. The van der Waals surface area contributed by atoms with Crippen molar-refractivity contribution >= 4 is 17.5 Å². The van der Waals surface area contributed by atoms with Crippen LogP contribution in [0.5, 0.6) is 0 Å². The lowest BCUT2D eigenvalue weighted by Gasteiger charge is -2.17. The number of rotatable bonds is 5. The normalized spacial score (nSPS) is 13.4. The van der Waals surface area contributed by atoms with Crippen molar-refractivity contribution in [1.82, 2.24) is 14.9 Å². The molecule has 2 aromatic rings. The van der Waals surface area contributed by atoms with Crippen molar-refractivity contribution in [2.45, 2.75) is 39.7 Å². The predicted molar refractivity (Wildman–Crippen MR) is 96.6 cm³/mol. The lowest BCUT2D eigenvalue weighted by molar-refractivity contribution is 0.0943. The third kappa shape index (κ3) is 3.99. The van der Waals surface area contributed by atoms with Crippen LogP contribution in [-0.2, 0) is 13.0 Å². The summed E-state index contributed by atoms with van der Waals surface area (Å²) in [4.78, 5) is 29.3. The van der Waals surface area contributed by atoms with Gasteiger partial charge in [-0.25, -0.2) is 13.8 Å². The summed E-state index contributed by atoms with van der Waals surface area (Å²) in [7, 11) is 0. The van der Waals surface area contributed by atoms with E-state index in [2.05, 4.69) is 15.6 Å². The number of hydrogen-bond acceptors (Lipinski definition) is 3. The maximum atomic E-state index is 13.8. The number of para-hydroxylation sites is 1. The molecule has 0 bridgehead atoms. The first-order chi connectivity index (χ1) is 12.9. The number of fused-ring (bicyclic) bond motifs is 1. The Labute approximate surface area is 156 Å². The van der Waals surface area contributed by atoms with Gasteiger partial charge in [0.15, 0.2) is 5.82 Å². The van der Waals surface area contributed by atoms with Crippen LogP contribution in [0.15, 0.2) is 18.2 Å². The van der Waals surface area contributed by atoms with E-state index in [4.69, 9.17) is 0 Å². The van der Waals surface area contributed by atoms with Gasteiger partial charge < -0.3 is 15.2 Å². The number of benzene rings is 1. The second-order valence-corrected chi connectivity index (χ2v) is 6.99. The van der Waals surface area contributed by atoms with Crippen LogP contribution in [0.2, 0.25) is 0 Å². The number of anilines is 1. The van der Waals surface area contributed by atoms with Gasteiger partial charge in [0.1, 0.15) is 23.0 Å². The van der Waals surface area contributed by atoms with Gasteiger partial charge in [-0.1, -0.05) is 19.9 Å². The van der Waals surface area contributed by atoms with E-state index in [-0.39, 0.29) is 23.3 Å². The Hall–Kier alpha value is -2.77. The maximum absolute atomic E-state index is 13.8. The number of amides is 2. The smallest absolute Gasteiger partial charge is 0.291 e. The molecular formula is C19H22F2N4O2. The Morgan fingerprint density at radius 3 is 2.56 bits per heavy atom. The molecule has 1 aromatic heterocycles. The summed E-state index contributed by atoms with van der Waals surface area (Å²) in [5.41, 5.74) is 0.359. The molecule has 2 amide bonds. The highest BCUT2D eigenvalue weighted by Gasteiger charge is 2.28. The molecule has 1 aliphatic rings. The number of halogens is 2. The van der Waals surface area contributed by atoms with Gasteiger partial charge in [-0.15, -0.1) is 0 Å². The maximum Gasteiger partial charge on any atom is 0.291 e. The molecule has 0 unspecified atom stereocenters. The van der Waals surface area contributed by atoms with Crippen molar-refractivity contribution in [2.75, 3.05) is 11.9 Å². The van der Waals surface area contributed by atoms with E-state index in [0.29, 0.717) is 25.2 Å². The van der Waals surface area contributed by atoms with Crippen LogP contribution in [0, 0.1) is 17.6 Å². The van der Waals surface area contributed by atoms with E-state index in [0.717, 1.165) is 25.0 Å². The van der Waals surface area contributed by atoms with Crippen LogP contribution >= 0.6 is 0 Å². The molecule has 3 rings (SSSR count). The summed E-state index contributed by atoms with van der Waals surface area (Å²) >= 11 is 0. The molecule has 1 aliphatic heterocycles. The van der Waals surface area contributed by atoms with Crippen LogP contribution in [-0.4, -0.2) is 27.9 Å². The van der Waals surface area contributed by atoms with Crippen molar-refractivity contribution in [3.05, 3.63) is 47.0 Å². The fourth-order valence-electron chi connectivity index (χ4n) is 3.07. The molecule has 0 fully saturated rings. The lowest BCUT2D eigenvalue weighted by Crippen LogP contribution is -2.29. The second kappa shape index (κ2) is 7.85. The zero-order valence-corrected chi connectivity index (χ0v) is 15.3. The Balaban J connectivity index is 1.91. The molecule has 0 saturated heterocycles. The summed E-state index contributed by atoms with van der Waals surface area (Å²) in [6, 6.07) is 3.34. The minimum Gasteiger partial charge on any atom is -0.350 e. The van der Waals surface area contributed by atoms with Gasteiger partial charge >= 0.3 is 0 Å². The summed E-state index contributed by atoms with van der Waals surface area (Å²) < 4.78 is 29.3. The van der Waals surface area contributed by atoms with Gasteiger partial charge in [0.05, 0.1) is 5.69 Å². The molecule has 27 heavy (non-hydrogen) atoms. The van der Waals surface area contributed by atoms with Crippen LogP contribution in [0.4, 0.5) is 14.5 Å². The average molecular weight is 376 g/mol. The van der Waals surface area contributed by atoms with Gasteiger partial charge in [0.2, 0.25) is 0 Å². The number of nitrogens with zero attached hydrogens (tertiary/aromatic N) is 2. The van der Waals surface area contributed by atoms with E-state index < -0.39 is 23.2 Å². The molecule has 1 aromatic carbocycles. The second-order valence-electron chi connectivity index (χ2n) is 6.99. The number of aromatic nitrogens is 2. The average Bonchev–Trinajstić information content (AvgIpc) is 3.02. The van der Waals surface area contributed by atoms with Gasteiger partial charge in [-0.2, -0.15) is 0 Å². The van der Waals surface area contributed by atoms with Crippen LogP contribution in [0.25, 0.3) is 0 Å². The zero-order chi connectivity index (χ0) is 19.6. The number of carbonyl (C=O) groups excluding carboxylic acids is 2. The van der Waals surface area contributed by atoms with Crippen LogP contribution < -0.4 is 10.6 Å². The third-order valence-corrected chi connectivity index (χ3v) is 4.41. The molecule has 6 nitrogen and oxygen atoms in total. The first kappa shape index (κ1) is 19.0. The Bertz CT molecular complexity index is 857. The summed E-state index contributed by atoms with van der Waals surface area (Å²) in [6.45, 7) is 4.98. The highest BCUT2D eigenvalue weighted by molar-refractivity contribution is 6.03. The Morgan fingerprint density at radius 2 is 1.89 bits per heavy atom. The molecule has 0 atom stereocenters. The summed E-state index contributed by atoms with van der Waals surface area (Å²) in [5.74, 6) is -2.57. The van der Waals surface area contributed by atoms with Crippen molar-refractivity contribution in [3.63, 3.8) is 0 Å². The fourth-order valence-corrected chi connectivity index (χ4v) is 3.07. The minimum absolute atomic E-state index is 0.0120. The number of nitrogens with one attached hydrogen (secondary N) is 2. The molecule has 0 radical (unpaired) electrons. The van der Waals surface area contributed by atoms with Crippen molar-refractivity contribution in [2.24, 2.45) is 5.92 Å². The minimum atomic E-state index is -0.872. The molecular weight excluding hydrogens is 354 g/mol. The first-order valence-corrected chi connectivity index (χ1v) is 9.01.